The first-order valence-corrected chi connectivity index (χ1v) is 8.86. The van der Waals surface area contributed by atoms with Crippen LogP contribution >= 0.6 is 0 Å². The zero-order chi connectivity index (χ0) is 17.9. The molecule has 0 aliphatic carbocycles. The second-order valence-electron chi connectivity index (χ2n) is 6.82. The number of unbranched alkanes of at least 4 members (excludes halogenated alkanes) is 1. The number of hydrogen-bond acceptors (Lipinski definition) is 3. The molecule has 0 aliphatic heterocycles. The maximum Gasteiger partial charge on any atom is 0.321 e. The Balaban J connectivity index is 2.61. The standard InChI is InChI=1S/C19H34N4O/c1-6-7-8-17-9-11-18(12-10-17)20-19(24)23(15-13-21(2)3)16-14-22(4)5/h9-12H,6-8,13-16H2,1-5H3,(H,20,24). The first-order valence-electron chi connectivity index (χ1n) is 8.86. The monoisotopic (exact) mass is 334 g/mol. The van der Waals surface area contributed by atoms with Crippen LogP contribution in [0.1, 0.15) is 25.3 Å². The molecule has 5 nitrogen and oxygen atoms in total. The van der Waals surface area contributed by atoms with Crippen LogP contribution in [0.15, 0.2) is 24.3 Å². The number of carbonyl (C=O) groups excluding carboxylic acids is 1. The molecule has 1 rings (SSSR count). The second-order valence-corrected chi connectivity index (χ2v) is 6.82. The zero-order valence-electron chi connectivity index (χ0n) is 16.0. The minimum atomic E-state index is -0.0278. The Morgan fingerprint density at radius 2 is 1.46 bits per heavy atom. The number of aryl methyl sites for hydroxylation is 1. The van der Waals surface area contributed by atoms with E-state index in [0.29, 0.717) is 0 Å². The molecule has 0 saturated carbocycles. The SMILES string of the molecule is CCCCc1ccc(NC(=O)N(CCN(C)C)CCN(C)C)cc1. The first kappa shape index (κ1) is 20.5. The molecule has 5 heteroatoms. The number of nitrogens with one attached hydrogen (secondary N) is 1. The van der Waals surface area contributed by atoms with Crippen molar-refractivity contribution in [2.45, 2.75) is 26.2 Å². The number of nitrogens with zero attached hydrogens (tertiary/aromatic N) is 3. The lowest BCUT2D eigenvalue weighted by atomic mass is 10.1. The molecule has 136 valence electrons. The lowest BCUT2D eigenvalue weighted by Crippen LogP contribution is -2.42. The summed E-state index contributed by atoms with van der Waals surface area (Å²) in [6.07, 6.45) is 3.50. The molecule has 0 aromatic heterocycles. The normalized spacial score (nSPS) is 11.1. The molecule has 0 unspecified atom stereocenters. The van der Waals surface area contributed by atoms with E-state index < -0.39 is 0 Å². The molecule has 0 aliphatic rings. The molecule has 0 heterocycles. The average Bonchev–Trinajstić information content (AvgIpc) is 2.53. The van der Waals surface area contributed by atoms with E-state index in [2.05, 4.69) is 34.2 Å². The zero-order valence-corrected chi connectivity index (χ0v) is 16.0. The van der Waals surface area contributed by atoms with Crippen LogP contribution in [0.3, 0.4) is 0 Å². The fourth-order valence-corrected chi connectivity index (χ4v) is 2.29. The van der Waals surface area contributed by atoms with Crippen molar-refractivity contribution >= 4 is 11.7 Å². The van der Waals surface area contributed by atoms with Crippen LogP contribution in [-0.4, -0.2) is 75.1 Å². The summed E-state index contributed by atoms with van der Waals surface area (Å²) < 4.78 is 0. The molecule has 1 N–H and O–H groups in total. The molecule has 1 aromatic rings. The number of hydrogen-bond donors (Lipinski definition) is 1. The minimum absolute atomic E-state index is 0.0278. The van der Waals surface area contributed by atoms with Gasteiger partial charge in [-0.25, -0.2) is 4.79 Å². The summed E-state index contributed by atoms with van der Waals surface area (Å²) in [5.74, 6) is 0. The molecule has 0 bridgehead atoms. The predicted octanol–water partition coefficient (Wildman–Crippen LogP) is 2.99. The molecule has 0 atom stereocenters. The van der Waals surface area contributed by atoms with E-state index in [1.54, 1.807) is 0 Å². The maximum absolute atomic E-state index is 12.6. The Kier molecular flexibility index (Phi) is 9.42. The third-order valence-electron chi connectivity index (χ3n) is 3.95. The van der Waals surface area contributed by atoms with Gasteiger partial charge in [0, 0.05) is 31.9 Å². The molecule has 0 radical (unpaired) electrons. The summed E-state index contributed by atoms with van der Waals surface area (Å²) >= 11 is 0. The van der Waals surface area contributed by atoms with Crippen LogP contribution < -0.4 is 5.32 Å². The molecule has 0 saturated heterocycles. The van der Waals surface area contributed by atoms with Crippen molar-refractivity contribution in [3.63, 3.8) is 0 Å². The van der Waals surface area contributed by atoms with Gasteiger partial charge in [-0.15, -0.1) is 0 Å². The van der Waals surface area contributed by atoms with Gasteiger partial charge in [0.15, 0.2) is 0 Å². The molecule has 0 spiro atoms. The summed E-state index contributed by atoms with van der Waals surface area (Å²) in [6.45, 7) is 5.36. The molecule has 1 aromatic carbocycles. The first-order chi connectivity index (χ1) is 11.4. The number of carbonyl (C=O) groups is 1. The van der Waals surface area contributed by atoms with Crippen molar-refractivity contribution in [3.05, 3.63) is 29.8 Å². The molecular weight excluding hydrogens is 300 g/mol. The maximum atomic E-state index is 12.6. The number of anilines is 1. The lowest BCUT2D eigenvalue weighted by molar-refractivity contribution is 0.198. The Hall–Kier alpha value is -1.59. The van der Waals surface area contributed by atoms with E-state index in [1.807, 2.05) is 45.2 Å². The summed E-state index contributed by atoms with van der Waals surface area (Å²) in [7, 11) is 8.10. The van der Waals surface area contributed by atoms with Gasteiger partial charge in [-0.1, -0.05) is 25.5 Å². The molecule has 24 heavy (non-hydrogen) atoms. The quantitative estimate of drug-likeness (QED) is 0.715. The highest BCUT2D eigenvalue weighted by Crippen LogP contribution is 2.12. The minimum Gasteiger partial charge on any atom is -0.322 e. The van der Waals surface area contributed by atoms with E-state index in [9.17, 15) is 4.79 Å². The van der Waals surface area contributed by atoms with Gasteiger partial charge in [0.25, 0.3) is 0 Å². The predicted molar refractivity (Wildman–Crippen MR) is 103 cm³/mol. The van der Waals surface area contributed by atoms with E-state index in [1.165, 1.54) is 18.4 Å². The second kappa shape index (κ2) is 11.0. The fraction of sp³-hybridized carbons (Fsp3) is 0.632. The van der Waals surface area contributed by atoms with E-state index in [-0.39, 0.29) is 6.03 Å². The van der Waals surface area contributed by atoms with E-state index >= 15 is 0 Å². The highest BCUT2D eigenvalue weighted by atomic mass is 16.2. The van der Waals surface area contributed by atoms with Gasteiger partial charge in [0.2, 0.25) is 0 Å². The van der Waals surface area contributed by atoms with Gasteiger partial charge in [-0.2, -0.15) is 0 Å². The third kappa shape index (κ3) is 8.31. The highest BCUT2D eigenvalue weighted by Gasteiger charge is 2.14. The molecule has 0 fully saturated rings. The van der Waals surface area contributed by atoms with Crippen LogP contribution in [-0.2, 0) is 6.42 Å². The Morgan fingerprint density at radius 1 is 0.917 bits per heavy atom. The average molecular weight is 335 g/mol. The van der Waals surface area contributed by atoms with Gasteiger partial charge in [-0.05, 0) is 58.7 Å². The van der Waals surface area contributed by atoms with Gasteiger partial charge >= 0.3 is 6.03 Å². The van der Waals surface area contributed by atoms with Gasteiger partial charge in [0.1, 0.15) is 0 Å². The molecule has 2 amide bonds. The van der Waals surface area contributed by atoms with Crippen molar-refractivity contribution in [1.29, 1.82) is 0 Å². The van der Waals surface area contributed by atoms with Gasteiger partial charge in [-0.3, -0.25) is 0 Å². The number of likely N-dealkylation sites (N-methyl/N-ethyl adjacent to an activating group) is 2. The van der Waals surface area contributed by atoms with Gasteiger partial charge in [0.05, 0.1) is 0 Å². The lowest BCUT2D eigenvalue weighted by Gasteiger charge is -2.26. The summed E-state index contributed by atoms with van der Waals surface area (Å²) in [4.78, 5) is 18.6. The topological polar surface area (TPSA) is 38.8 Å². The number of benzene rings is 1. The van der Waals surface area contributed by atoms with E-state index in [4.69, 9.17) is 0 Å². The van der Waals surface area contributed by atoms with E-state index in [0.717, 1.165) is 38.3 Å². The van der Waals surface area contributed by atoms with Crippen molar-refractivity contribution in [3.8, 4) is 0 Å². The van der Waals surface area contributed by atoms with Crippen molar-refractivity contribution in [2.75, 3.05) is 59.7 Å². The molecular formula is C19H34N4O. The van der Waals surface area contributed by atoms with Crippen molar-refractivity contribution in [2.24, 2.45) is 0 Å². The van der Waals surface area contributed by atoms with Crippen LogP contribution in [0.2, 0.25) is 0 Å². The Morgan fingerprint density at radius 3 is 1.92 bits per heavy atom. The van der Waals surface area contributed by atoms with Crippen LogP contribution in [0, 0.1) is 0 Å². The van der Waals surface area contributed by atoms with Crippen molar-refractivity contribution in [1.82, 2.24) is 14.7 Å². The number of amides is 2. The number of rotatable bonds is 10. The Bertz CT molecular complexity index is 459. The fourth-order valence-electron chi connectivity index (χ4n) is 2.29. The van der Waals surface area contributed by atoms with Gasteiger partial charge < -0.3 is 20.0 Å². The smallest absolute Gasteiger partial charge is 0.321 e. The highest BCUT2D eigenvalue weighted by molar-refractivity contribution is 5.89. The van der Waals surface area contributed by atoms with Crippen LogP contribution in [0.4, 0.5) is 10.5 Å². The largest absolute Gasteiger partial charge is 0.322 e. The van der Waals surface area contributed by atoms with Crippen LogP contribution in [0.5, 0.6) is 0 Å². The Labute approximate surface area is 147 Å². The summed E-state index contributed by atoms with van der Waals surface area (Å²) in [5.41, 5.74) is 2.19. The van der Waals surface area contributed by atoms with Crippen LogP contribution in [0.25, 0.3) is 0 Å². The number of urea groups is 1. The summed E-state index contributed by atoms with van der Waals surface area (Å²) in [6, 6.07) is 8.18. The third-order valence-corrected chi connectivity index (χ3v) is 3.95. The van der Waals surface area contributed by atoms with Crippen molar-refractivity contribution < 1.29 is 4.79 Å². The summed E-state index contributed by atoms with van der Waals surface area (Å²) in [5, 5.41) is 3.02.